The highest BCUT2D eigenvalue weighted by molar-refractivity contribution is 9.10. The van der Waals surface area contributed by atoms with E-state index in [0.717, 1.165) is 45.4 Å². The molecular formula is C21H27BrN2O2. The predicted octanol–water partition coefficient (Wildman–Crippen LogP) is 6.04. The van der Waals surface area contributed by atoms with Crippen molar-refractivity contribution in [2.24, 2.45) is 0 Å². The van der Waals surface area contributed by atoms with Crippen LogP contribution in [0.1, 0.15) is 49.1 Å². The Labute approximate surface area is 164 Å². The number of aryl methyl sites for hydroxylation is 3. The fourth-order valence-electron chi connectivity index (χ4n) is 3.63. The van der Waals surface area contributed by atoms with Crippen LogP contribution in [0.4, 0.5) is 5.69 Å². The van der Waals surface area contributed by atoms with E-state index in [4.69, 9.17) is 14.5 Å². The van der Waals surface area contributed by atoms with Gasteiger partial charge in [0.1, 0.15) is 12.5 Å². The average Bonchev–Trinajstić information content (AvgIpc) is 2.59. The quantitative estimate of drug-likeness (QED) is 0.592. The summed E-state index contributed by atoms with van der Waals surface area (Å²) in [5.74, 6) is 1.53. The molecule has 5 heteroatoms. The van der Waals surface area contributed by atoms with E-state index in [9.17, 15) is 0 Å². The van der Waals surface area contributed by atoms with Crippen LogP contribution in [0.15, 0.2) is 22.7 Å². The van der Waals surface area contributed by atoms with Crippen LogP contribution < -0.4 is 9.64 Å². The third kappa shape index (κ3) is 3.74. The van der Waals surface area contributed by atoms with Crippen LogP contribution in [0.3, 0.4) is 0 Å². The fourth-order valence-corrected chi connectivity index (χ4v) is 4.32. The number of pyridine rings is 1. The first kappa shape index (κ1) is 19.2. The van der Waals surface area contributed by atoms with Gasteiger partial charge in [0.2, 0.25) is 5.88 Å². The zero-order valence-electron chi connectivity index (χ0n) is 16.2. The second kappa shape index (κ2) is 7.97. The van der Waals surface area contributed by atoms with Gasteiger partial charge in [0.15, 0.2) is 0 Å². The summed E-state index contributed by atoms with van der Waals surface area (Å²) in [5, 5.41) is 0. The van der Waals surface area contributed by atoms with Crippen LogP contribution in [0.25, 0.3) is 0 Å². The summed E-state index contributed by atoms with van der Waals surface area (Å²) in [6.07, 6.45) is 2.17. The Morgan fingerprint density at radius 3 is 2.42 bits per heavy atom. The SMILES string of the molecule is CCC(CC)N1COCc2c1cc(C)nc2Oc1c(C)cc(Br)cc1C. The maximum absolute atomic E-state index is 6.33. The Kier molecular flexibility index (Phi) is 5.88. The molecule has 1 aromatic heterocycles. The van der Waals surface area contributed by atoms with Crippen molar-refractivity contribution in [3.05, 3.63) is 45.1 Å². The summed E-state index contributed by atoms with van der Waals surface area (Å²) < 4.78 is 13.3. The molecule has 1 aliphatic heterocycles. The molecule has 140 valence electrons. The Hall–Kier alpha value is -1.59. The number of rotatable bonds is 5. The Morgan fingerprint density at radius 2 is 1.81 bits per heavy atom. The molecule has 0 fully saturated rings. The van der Waals surface area contributed by atoms with Crippen LogP contribution in [0.5, 0.6) is 11.6 Å². The molecule has 0 amide bonds. The Morgan fingerprint density at radius 1 is 1.15 bits per heavy atom. The number of aromatic nitrogens is 1. The summed E-state index contributed by atoms with van der Waals surface area (Å²) >= 11 is 3.55. The van der Waals surface area contributed by atoms with Crippen molar-refractivity contribution in [3.8, 4) is 11.6 Å². The predicted molar refractivity (Wildman–Crippen MR) is 109 cm³/mol. The summed E-state index contributed by atoms with van der Waals surface area (Å²) in [6, 6.07) is 6.75. The highest BCUT2D eigenvalue weighted by atomic mass is 79.9. The van der Waals surface area contributed by atoms with E-state index in [1.54, 1.807) is 0 Å². The van der Waals surface area contributed by atoms with E-state index < -0.39 is 0 Å². The highest BCUT2D eigenvalue weighted by Gasteiger charge is 2.27. The summed E-state index contributed by atoms with van der Waals surface area (Å²) in [6.45, 7) is 11.7. The van der Waals surface area contributed by atoms with Crippen LogP contribution >= 0.6 is 15.9 Å². The van der Waals surface area contributed by atoms with Crippen LogP contribution in [-0.2, 0) is 11.3 Å². The minimum Gasteiger partial charge on any atom is -0.438 e. The summed E-state index contributed by atoms with van der Waals surface area (Å²) in [4.78, 5) is 7.04. The molecule has 26 heavy (non-hydrogen) atoms. The molecule has 0 unspecified atom stereocenters. The van der Waals surface area contributed by atoms with Gasteiger partial charge in [-0.05, 0) is 62.9 Å². The van der Waals surface area contributed by atoms with Crippen molar-refractivity contribution in [1.29, 1.82) is 0 Å². The fraction of sp³-hybridized carbons (Fsp3) is 0.476. The molecule has 2 aromatic rings. The lowest BCUT2D eigenvalue weighted by Crippen LogP contribution is -2.39. The molecule has 0 N–H and O–H groups in total. The highest BCUT2D eigenvalue weighted by Crippen LogP contribution is 2.39. The zero-order valence-corrected chi connectivity index (χ0v) is 17.8. The molecule has 0 spiro atoms. The molecular weight excluding hydrogens is 392 g/mol. The average molecular weight is 419 g/mol. The lowest BCUT2D eigenvalue weighted by molar-refractivity contribution is 0.101. The normalized spacial score (nSPS) is 13.9. The van der Waals surface area contributed by atoms with E-state index in [-0.39, 0.29) is 0 Å². The molecule has 1 aromatic carbocycles. The first-order chi connectivity index (χ1) is 12.4. The van der Waals surface area contributed by atoms with E-state index in [1.165, 1.54) is 5.69 Å². The van der Waals surface area contributed by atoms with E-state index in [0.29, 0.717) is 25.3 Å². The van der Waals surface area contributed by atoms with Gasteiger partial charge in [-0.2, -0.15) is 0 Å². The lowest BCUT2D eigenvalue weighted by atomic mass is 10.1. The van der Waals surface area contributed by atoms with Crippen molar-refractivity contribution in [3.63, 3.8) is 0 Å². The second-order valence-corrected chi connectivity index (χ2v) is 7.87. The van der Waals surface area contributed by atoms with Gasteiger partial charge in [-0.15, -0.1) is 0 Å². The van der Waals surface area contributed by atoms with Gasteiger partial charge in [0.25, 0.3) is 0 Å². The zero-order chi connectivity index (χ0) is 18.8. The van der Waals surface area contributed by atoms with Crippen molar-refractivity contribution < 1.29 is 9.47 Å². The van der Waals surface area contributed by atoms with Gasteiger partial charge in [-0.3, -0.25) is 0 Å². The second-order valence-electron chi connectivity index (χ2n) is 6.95. The Balaban J connectivity index is 2.05. The lowest BCUT2D eigenvalue weighted by Gasteiger charge is -2.37. The van der Waals surface area contributed by atoms with Crippen LogP contribution in [0.2, 0.25) is 0 Å². The van der Waals surface area contributed by atoms with Gasteiger partial charge >= 0.3 is 0 Å². The Bertz CT molecular complexity index is 780. The van der Waals surface area contributed by atoms with Crippen molar-refractivity contribution in [2.75, 3.05) is 11.6 Å². The summed E-state index contributed by atoms with van der Waals surface area (Å²) in [5.41, 5.74) is 5.37. The standard InChI is InChI=1S/C21H27BrN2O2/c1-6-17(7-2)24-12-25-11-18-19(24)10-15(5)23-21(18)26-20-13(3)8-16(22)9-14(20)4/h8-10,17H,6-7,11-12H2,1-5H3. The molecule has 0 bridgehead atoms. The van der Waals surface area contributed by atoms with Gasteiger partial charge in [0, 0.05) is 16.2 Å². The molecule has 1 aliphatic rings. The number of halogens is 1. The van der Waals surface area contributed by atoms with Crippen molar-refractivity contribution in [2.45, 2.75) is 60.1 Å². The molecule has 0 saturated carbocycles. The van der Waals surface area contributed by atoms with E-state index in [1.807, 2.05) is 6.92 Å². The molecule has 2 heterocycles. The molecule has 0 aliphatic carbocycles. The largest absolute Gasteiger partial charge is 0.438 e. The molecule has 0 atom stereocenters. The number of nitrogens with zero attached hydrogens (tertiary/aromatic N) is 2. The number of hydrogen-bond donors (Lipinski definition) is 0. The van der Waals surface area contributed by atoms with E-state index >= 15 is 0 Å². The van der Waals surface area contributed by atoms with Crippen LogP contribution in [0, 0.1) is 20.8 Å². The van der Waals surface area contributed by atoms with Gasteiger partial charge < -0.3 is 14.4 Å². The topological polar surface area (TPSA) is 34.6 Å². The molecule has 4 nitrogen and oxygen atoms in total. The van der Waals surface area contributed by atoms with Gasteiger partial charge in [-0.1, -0.05) is 29.8 Å². The third-order valence-electron chi connectivity index (χ3n) is 4.98. The van der Waals surface area contributed by atoms with E-state index in [2.05, 4.69) is 66.7 Å². The first-order valence-electron chi connectivity index (χ1n) is 9.24. The van der Waals surface area contributed by atoms with Gasteiger partial charge in [-0.25, -0.2) is 4.98 Å². The molecule has 0 radical (unpaired) electrons. The maximum atomic E-state index is 6.33. The monoisotopic (exact) mass is 418 g/mol. The van der Waals surface area contributed by atoms with Gasteiger partial charge in [0.05, 0.1) is 17.9 Å². The van der Waals surface area contributed by atoms with Crippen molar-refractivity contribution >= 4 is 21.6 Å². The van der Waals surface area contributed by atoms with Crippen molar-refractivity contribution in [1.82, 2.24) is 4.98 Å². The summed E-state index contributed by atoms with van der Waals surface area (Å²) in [7, 11) is 0. The molecule has 3 rings (SSSR count). The number of ether oxygens (including phenoxy) is 2. The minimum absolute atomic E-state index is 0.458. The first-order valence-corrected chi connectivity index (χ1v) is 10.0. The number of benzene rings is 1. The molecule has 0 saturated heterocycles. The smallest absolute Gasteiger partial charge is 0.227 e. The number of hydrogen-bond acceptors (Lipinski definition) is 4. The van der Waals surface area contributed by atoms with Crippen LogP contribution in [-0.4, -0.2) is 17.8 Å². The number of anilines is 1. The third-order valence-corrected chi connectivity index (χ3v) is 5.44. The minimum atomic E-state index is 0.458. The maximum Gasteiger partial charge on any atom is 0.227 e. The number of fused-ring (bicyclic) bond motifs is 1.